The van der Waals surface area contributed by atoms with Gasteiger partial charge in [0.05, 0.1) is 28.6 Å². The molecule has 1 aromatic carbocycles. The first-order chi connectivity index (χ1) is 20.9. The van der Waals surface area contributed by atoms with Gasteiger partial charge in [0.25, 0.3) is 11.8 Å². The number of anilines is 1. The van der Waals surface area contributed by atoms with E-state index in [1.54, 1.807) is 18.2 Å². The monoisotopic (exact) mass is 579 g/mol. The number of hydrogen-bond acceptors (Lipinski definition) is 8. The van der Waals surface area contributed by atoms with Crippen molar-refractivity contribution in [2.75, 3.05) is 25.0 Å². The lowest BCUT2D eigenvalue weighted by Gasteiger charge is -2.35. The molecular formula is C32H33N7O4. The standard InChI is InChI=1S/C32H33N7O4/c40-27-8-7-26(30(41)36-27)39-31(42)23-6-5-20(12-24(23)32(39)43)35-13-17-10-21(11-17)38-16-25(28(37-38)18-3-4-18)29-22(2-1-9-34-29)19-14-33-15-19/h1-2,5-6,9,12,16-19,21,26,33,35H,3-4,7-8,10-11,13-15H2,(H,36,40,41)/t17-,21-,26?. The largest absolute Gasteiger partial charge is 0.385 e. The molecule has 0 spiro atoms. The maximum Gasteiger partial charge on any atom is 0.262 e. The van der Waals surface area contributed by atoms with Crippen molar-refractivity contribution in [1.82, 2.24) is 30.3 Å². The maximum absolute atomic E-state index is 13.1. The van der Waals surface area contributed by atoms with Crippen molar-refractivity contribution in [1.29, 1.82) is 0 Å². The third kappa shape index (κ3) is 4.53. The Morgan fingerprint density at radius 1 is 0.930 bits per heavy atom. The highest BCUT2D eigenvalue weighted by Gasteiger charge is 2.45. The van der Waals surface area contributed by atoms with Gasteiger partial charge < -0.3 is 10.6 Å². The quantitative estimate of drug-likeness (QED) is 0.347. The normalized spacial score (nSPS) is 25.3. The number of amides is 4. The lowest BCUT2D eigenvalue weighted by molar-refractivity contribution is -0.136. The summed E-state index contributed by atoms with van der Waals surface area (Å²) in [5.74, 6) is -0.480. The molecule has 11 nitrogen and oxygen atoms in total. The molecule has 2 saturated carbocycles. The molecule has 2 saturated heterocycles. The highest BCUT2D eigenvalue weighted by atomic mass is 16.2. The van der Waals surface area contributed by atoms with Crippen LogP contribution in [0.4, 0.5) is 5.69 Å². The Morgan fingerprint density at radius 3 is 2.49 bits per heavy atom. The van der Waals surface area contributed by atoms with Crippen molar-refractivity contribution >= 4 is 29.3 Å². The van der Waals surface area contributed by atoms with Gasteiger partial charge in [0.2, 0.25) is 11.8 Å². The smallest absolute Gasteiger partial charge is 0.262 e. The van der Waals surface area contributed by atoms with Crippen LogP contribution in [0.25, 0.3) is 11.3 Å². The molecule has 0 radical (unpaired) electrons. The Kier molecular flexibility index (Phi) is 6.18. The average molecular weight is 580 g/mol. The fourth-order valence-electron chi connectivity index (χ4n) is 6.84. The topological polar surface area (TPSA) is 138 Å². The molecule has 1 unspecified atom stereocenters. The molecule has 1 atom stereocenters. The summed E-state index contributed by atoms with van der Waals surface area (Å²) in [5.41, 5.74) is 6.12. The number of pyridine rings is 1. The second kappa shape index (κ2) is 10.1. The summed E-state index contributed by atoms with van der Waals surface area (Å²) in [6.07, 6.45) is 8.74. The minimum absolute atomic E-state index is 0.100. The summed E-state index contributed by atoms with van der Waals surface area (Å²) < 4.78 is 2.17. The van der Waals surface area contributed by atoms with E-state index < -0.39 is 23.8 Å². The number of aromatic nitrogens is 3. The van der Waals surface area contributed by atoms with Gasteiger partial charge in [-0.1, -0.05) is 6.07 Å². The van der Waals surface area contributed by atoms with Crippen LogP contribution in [0.1, 0.15) is 88.4 Å². The van der Waals surface area contributed by atoms with E-state index in [-0.39, 0.29) is 29.9 Å². The van der Waals surface area contributed by atoms with Crippen LogP contribution in [0.3, 0.4) is 0 Å². The van der Waals surface area contributed by atoms with Crippen molar-refractivity contribution in [3.8, 4) is 11.3 Å². The van der Waals surface area contributed by atoms with Crippen LogP contribution in [0.2, 0.25) is 0 Å². The molecule has 5 heterocycles. The van der Waals surface area contributed by atoms with Crippen molar-refractivity contribution in [2.45, 2.75) is 62.4 Å². The van der Waals surface area contributed by atoms with Gasteiger partial charge in [-0.3, -0.25) is 39.1 Å². The molecule has 5 aliphatic rings. The Balaban J connectivity index is 0.922. The highest BCUT2D eigenvalue weighted by molar-refractivity contribution is 6.23. The van der Waals surface area contributed by atoms with E-state index in [1.165, 1.54) is 29.7 Å². The molecule has 3 aliphatic heterocycles. The first-order valence-corrected chi connectivity index (χ1v) is 15.3. The van der Waals surface area contributed by atoms with Gasteiger partial charge in [0, 0.05) is 61.5 Å². The van der Waals surface area contributed by atoms with Gasteiger partial charge in [-0.05, 0) is 67.9 Å². The Bertz CT molecular complexity index is 1670. The predicted octanol–water partition coefficient (Wildman–Crippen LogP) is 2.97. The van der Waals surface area contributed by atoms with Crippen molar-refractivity contribution in [3.63, 3.8) is 0 Å². The molecule has 11 heteroatoms. The lowest BCUT2D eigenvalue weighted by Crippen LogP contribution is -2.54. The second-order valence-electron chi connectivity index (χ2n) is 12.6. The van der Waals surface area contributed by atoms with Crippen LogP contribution in [0.5, 0.6) is 0 Å². The van der Waals surface area contributed by atoms with E-state index >= 15 is 0 Å². The molecule has 3 N–H and O–H groups in total. The number of carbonyl (C=O) groups excluding carboxylic acids is 4. The third-order valence-electron chi connectivity index (χ3n) is 9.66. The lowest BCUT2D eigenvalue weighted by atomic mass is 9.80. The van der Waals surface area contributed by atoms with E-state index in [0.717, 1.165) is 48.8 Å². The van der Waals surface area contributed by atoms with Crippen molar-refractivity contribution in [2.24, 2.45) is 5.92 Å². The summed E-state index contributed by atoms with van der Waals surface area (Å²) in [7, 11) is 0. The zero-order valence-corrected chi connectivity index (χ0v) is 23.7. The van der Waals surface area contributed by atoms with Gasteiger partial charge in [0.1, 0.15) is 6.04 Å². The van der Waals surface area contributed by atoms with Crippen LogP contribution in [0, 0.1) is 5.92 Å². The second-order valence-corrected chi connectivity index (χ2v) is 12.6. The van der Waals surface area contributed by atoms with Crippen molar-refractivity contribution < 1.29 is 19.2 Å². The first-order valence-electron chi connectivity index (χ1n) is 15.3. The van der Waals surface area contributed by atoms with Crippen LogP contribution in [-0.4, -0.2) is 69.0 Å². The summed E-state index contributed by atoms with van der Waals surface area (Å²) in [6, 6.07) is 8.77. The number of piperidine rings is 1. The molecule has 3 aromatic rings. The van der Waals surface area contributed by atoms with Gasteiger partial charge in [-0.25, -0.2) is 0 Å². The molecule has 4 amide bonds. The third-order valence-corrected chi connectivity index (χ3v) is 9.66. The Labute approximate surface area is 248 Å². The van der Waals surface area contributed by atoms with Crippen LogP contribution in [0.15, 0.2) is 42.7 Å². The molecule has 220 valence electrons. The van der Waals surface area contributed by atoms with Crippen LogP contribution < -0.4 is 16.0 Å². The number of carbonyl (C=O) groups is 4. The zero-order valence-electron chi connectivity index (χ0n) is 23.7. The number of nitrogens with zero attached hydrogens (tertiary/aromatic N) is 4. The summed E-state index contributed by atoms with van der Waals surface area (Å²) >= 11 is 0. The fraction of sp³-hybridized carbons (Fsp3) is 0.438. The Morgan fingerprint density at radius 2 is 1.74 bits per heavy atom. The Hall–Kier alpha value is -4.38. The van der Waals surface area contributed by atoms with Crippen LogP contribution in [-0.2, 0) is 9.59 Å². The molecule has 8 rings (SSSR count). The number of rotatable bonds is 8. The minimum atomic E-state index is -0.962. The predicted molar refractivity (Wildman–Crippen MR) is 156 cm³/mol. The van der Waals surface area contributed by atoms with E-state index in [9.17, 15) is 19.2 Å². The van der Waals surface area contributed by atoms with E-state index in [2.05, 4.69) is 32.9 Å². The number of nitrogens with one attached hydrogen (secondary N) is 3. The molecule has 4 fully saturated rings. The number of imide groups is 2. The van der Waals surface area contributed by atoms with Crippen molar-refractivity contribution in [3.05, 3.63) is 65.1 Å². The van der Waals surface area contributed by atoms with Gasteiger partial charge in [-0.15, -0.1) is 0 Å². The summed E-state index contributed by atoms with van der Waals surface area (Å²) in [5, 5.41) is 14.2. The molecule has 0 bridgehead atoms. The number of hydrogen-bond donors (Lipinski definition) is 3. The molecule has 43 heavy (non-hydrogen) atoms. The van der Waals surface area contributed by atoms with E-state index in [4.69, 9.17) is 10.1 Å². The molecule has 2 aromatic heterocycles. The fourth-order valence-corrected chi connectivity index (χ4v) is 6.84. The summed E-state index contributed by atoms with van der Waals surface area (Å²) in [6.45, 7) is 2.74. The zero-order chi connectivity index (χ0) is 29.2. The van der Waals surface area contributed by atoms with Gasteiger partial charge in [0.15, 0.2) is 0 Å². The number of benzene rings is 1. The SMILES string of the molecule is O=C1CCC(N2C(=O)c3ccc(NC[C@H]4C[C@H](n5cc(-c6ncccc6C6CNC6)c(C6CC6)n5)C4)cc3C2=O)C(=O)N1. The first kappa shape index (κ1) is 26.3. The van der Waals surface area contributed by atoms with Gasteiger partial charge in [-0.2, -0.15) is 5.10 Å². The highest BCUT2D eigenvalue weighted by Crippen LogP contribution is 2.46. The van der Waals surface area contributed by atoms with E-state index in [0.29, 0.717) is 23.8 Å². The molecular weight excluding hydrogens is 546 g/mol. The van der Waals surface area contributed by atoms with Crippen LogP contribution >= 0.6 is 0 Å². The molecule has 2 aliphatic carbocycles. The van der Waals surface area contributed by atoms with Gasteiger partial charge >= 0.3 is 0 Å². The minimum Gasteiger partial charge on any atom is -0.385 e. The average Bonchev–Trinajstić information content (AvgIpc) is 3.66. The maximum atomic E-state index is 13.1. The van der Waals surface area contributed by atoms with E-state index in [1.807, 2.05) is 12.3 Å². The summed E-state index contributed by atoms with van der Waals surface area (Å²) in [4.78, 5) is 55.8. The number of fused-ring (bicyclic) bond motifs is 1.